The second kappa shape index (κ2) is 3.09. The molecule has 1 aromatic rings. The highest BCUT2D eigenvalue weighted by molar-refractivity contribution is 5.19. The van der Waals surface area contributed by atoms with Crippen LogP contribution < -0.4 is 0 Å². The maximum absolute atomic E-state index is 13.6. The van der Waals surface area contributed by atoms with Gasteiger partial charge in [-0.05, 0) is 37.0 Å². The zero-order valence-corrected chi connectivity index (χ0v) is 7.39. The zero-order chi connectivity index (χ0) is 9.31. The van der Waals surface area contributed by atoms with Gasteiger partial charge in [0, 0.05) is 6.42 Å². The van der Waals surface area contributed by atoms with E-state index in [2.05, 4.69) is 0 Å². The maximum Gasteiger partial charge on any atom is 0.123 e. The van der Waals surface area contributed by atoms with Gasteiger partial charge < -0.3 is 0 Å². The molecule has 2 heteroatoms. The Morgan fingerprint density at radius 3 is 2.62 bits per heavy atom. The van der Waals surface area contributed by atoms with Gasteiger partial charge in [-0.2, -0.15) is 0 Å². The van der Waals surface area contributed by atoms with Crippen LogP contribution in [0.5, 0.6) is 0 Å². The van der Waals surface area contributed by atoms with Gasteiger partial charge in [-0.15, -0.1) is 0 Å². The van der Waals surface area contributed by atoms with Crippen LogP contribution in [0.25, 0.3) is 0 Å². The van der Waals surface area contributed by atoms with Crippen molar-refractivity contribution in [1.29, 1.82) is 0 Å². The molecule has 1 fully saturated rings. The molecule has 0 radical (unpaired) electrons. The summed E-state index contributed by atoms with van der Waals surface area (Å²) in [5, 5.41) is 0. The van der Waals surface area contributed by atoms with Crippen molar-refractivity contribution in [3.05, 3.63) is 35.6 Å². The maximum atomic E-state index is 13.6. The van der Waals surface area contributed by atoms with E-state index >= 15 is 0 Å². The Balaban J connectivity index is 2.09. The lowest BCUT2D eigenvalue weighted by atomic mass is 9.78. The van der Waals surface area contributed by atoms with Gasteiger partial charge in [0.05, 0.1) is 0 Å². The van der Waals surface area contributed by atoms with Crippen molar-refractivity contribution in [2.75, 3.05) is 0 Å². The van der Waals surface area contributed by atoms with Gasteiger partial charge in [-0.3, -0.25) is 0 Å². The monoisotopic (exact) mass is 182 g/mol. The van der Waals surface area contributed by atoms with E-state index in [4.69, 9.17) is 0 Å². The minimum atomic E-state index is -1.05. The summed E-state index contributed by atoms with van der Waals surface area (Å²) in [6.45, 7) is 0. The van der Waals surface area contributed by atoms with E-state index in [0.29, 0.717) is 19.3 Å². The van der Waals surface area contributed by atoms with E-state index in [1.54, 1.807) is 12.1 Å². The summed E-state index contributed by atoms with van der Waals surface area (Å²) in [6.07, 6.45) is 2.59. The first kappa shape index (κ1) is 8.67. The Morgan fingerprint density at radius 2 is 2.08 bits per heavy atom. The molecule has 0 aromatic heterocycles. The normalized spacial score (nSPS) is 19.5. The Bertz CT molecular complexity index is 303. The van der Waals surface area contributed by atoms with Crippen LogP contribution in [0.3, 0.4) is 0 Å². The quantitative estimate of drug-likeness (QED) is 0.658. The molecule has 0 heterocycles. The molecule has 0 bridgehead atoms. The highest BCUT2D eigenvalue weighted by Gasteiger charge is 2.36. The average molecular weight is 182 g/mol. The van der Waals surface area contributed by atoms with Crippen LogP contribution in [0.15, 0.2) is 24.3 Å². The van der Waals surface area contributed by atoms with Crippen LogP contribution in [0.1, 0.15) is 24.8 Å². The van der Waals surface area contributed by atoms with Gasteiger partial charge in [0.15, 0.2) is 0 Å². The topological polar surface area (TPSA) is 0 Å². The smallest absolute Gasteiger partial charge is 0.123 e. The summed E-state index contributed by atoms with van der Waals surface area (Å²) in [7, 11) is 0. The predicted molar refractivity (Wildman–Crippen MR) is 47.8 cm³/mol. The first-order chi connectivity index (χ1) is 6.18. The summed E-state index contributed by atoms with van der Waals surface area (Å²) >= 11 is 0. The predicted octanol–water partition coefficient (Wildman–Crippen LogP) is 3.26. The first-order valence-corrected chi connectivity index (χ1v) is 4.61. The van der Waals surface area contributed by atoms with E-state index in [1.807, 2.05) is 0 Å². The Morgan fingerprint density at radius 1 is 1.31 bits per heavy atom. The van der Waals surface area contributed by atoms with E-state index < -0.39 is 5.67 Å². The van der Waals surface area contributed by atoms with Crippen molar-refractivity contribution >= 4 is 0 Å². The van der Waals surface area contributed by atoms with E-state index in [0.717, 1.165) is 12.0 Å². The second-order valence-corrected chi connectivity index (χ2v) is 3.81. The first-order valence-electron chi connectivity index (χ1n) is 4.61. The summed E-state index contributed by atoms with van der Waals surface area (Å²) in [6, 6.07) is 6.21. The highest BCUT2D eigenvalue weighted by Crippen LogP contribution is 2.38. The fourth-order valence-corrected chi connectivity index (χ4v) is 1.75. The van der Waals surface area contributed by atoms with Gasteiger partial charge in [0.25, 0.3) is 0 Å². The third-order valence-corrected chi connectivity index (χ3v) is 2.66. The van der Waals surface area contributed by atoms with Crippen molar-refractivity contribution < 1.29 is 8.78 Å². The largest absolute Gasteiger partial charge is 0.244 e. The standard InChI is InChI=1S/C11H12F2/c12-10-4-1-3-9(7-10)8-11(13)5-2-6-11/h1,3-4,7H,2,5-6,8H2. The van der Waals surface area contributed by atoms with Crippen LogP contribution in [0.4, 0.5) is 8.78 Å². The average Bonchev–Trinajstić information content (AvgIpc) is 2.01. The molecule has 0 N–H and O–H groups in total. The Hall–Kier alpha value is -0.920. The third kappa shape index (κ3) is 1.87. The van der Waals surface area contributed by atoms with Crippen LogP contribution in [-0.2, 0) is 6.42 Å². The van der Waals surface area contributed by atoms with Gasteiger partial charge >= 0.3 is 0 Å². The molecule has 0 aliphatic heterocycles. The number of rotatable bonds is 2. The van der Waals surface area contributed by atoms with Gasteiger partial charge in [0.2, 0.25) is 0 Å². The lowest BCUT2D eigenvalue weighted by molar-refractivity contribution is 0.0641. The molecule has 70 valence electrons. The molecule has 13 heavy (non-hydrogen) atoms. The third-order valence-electron chi connectivity index (χ3n) is 2.66. The molecule has 1 saturated carbocycles. The number of benzene rings is 1. The molecular weight excluding hydrogens is 170 g/mol. The van der Waals surface area contributed by atoms with Gasteiger partial charge in [-0.1, -0.05) is 12.1 Å². The summed E-state index contributed by atoms with van der Waals surface area (Å²) in [4.78, 5) is 0. The number of alkyl halides is 1. The van der Waals surface area contributed by atoms with Crippen molar-refractivity contribution in [2.24, 2.45) is 0 Å². The Kier molecular flexibility index (Phi) is 2.06. The van der Waals surface area contributed by atoms with E-state index in [9.17, 15) is 8.78 Å². The molecule has 2 rings (SSSR count). The number of halogens is 2. The second-order valence-electron chi connectivity index (χ2n) is 3.81. The van der Waals surface area contributed by atoms with Crippen LogP contribution >= 0.6 is 0 Å². The van der Waals surface area contributed by atoms with Crippen molar-refractivity contribution in [3.63, 3.8) is 0 Å². The summed E-state index contributed by atoms with van der Waals surface area (Å²) in [5.74, 6) is -0.277. The molecule has 0 nitrogen and oxygen atoms in total. The fraction of sp³-hybridized carbons (Fsp3) is 0.455. The zero-order valence-electron chi connectivity index (χ0n) is 7.39. The molecule has 1 aromatic carbocycles. The Labute approximate surface area is 76.6 Å². The molecule has 0 amide bonds. The van der Waals surface area contributed by atoms with Crippen LogP contribution in [-0.4, -0.2) is 5.67 Å². The lowest BCUT2D eigenvalue weighted by Crippen LogP contribution is -2.34. The van der Waals surface area contributed by atoms with Crippen LogP contribution in [0, 0.1) is 5.82 Å². The SMILES string of the molecule is Fc1cccc(CC2(F)CCC2)c1. The summed E-state index contributed by atoms with van der Waals surface area (Å²) < 4.78 is 26.3. The lowest BCUT2D eigenvalue weighted by Gasteiger charge is -2.33. The summed E-state index contributed by atoms with van der Waals surface area (Å²) in [5.41, 5.74) is -0.282. The molecular formula is C11H12F2. The fourth-order valence-electron chi connectivity index (χ4n) is 1.75. The van der Waals surface area contributed by atoms with Crippen LogP contribution in [0.2, 0.25) is 0 Å². The van der Waals surface area contributed by atoms with E-state index in [1.165, 1.54) is 12.1 Å². The van der Waals surface area contributed by atoms with Crippen molar-refractivity contribution in [3.8, 4) is 0 Å². The molecule has 0 unspecified atom stereocenters. The van der Waals surface area contributed by atoms with E-state index in [-0.39, 0.29) is 5.82 Å². The molecule has 0 atom stereocenters. The minimum Gasteiger partial charge on any atom is -0.244 e. The molecule has 0 spiro atoms. The van der Waals surface area contributed by atoms with Gasteiger partial charge in [-0.25, -0.2) is 8.78 Å². The van der Waals surface area contributed by atoms with Crippen molar-refractivity contribution in [1.82, 2.24) is 0 Å². The molecule has 0 saturated heterocycles. The van der Waals surface area contributed by atoms with Gasteiger partial charge in [0.1, 0.15) is 11.5 Å². The van der Waals surface area contributed by atoms with Crippen molar-refractivity contribution in [2.45, 2.75) is 31.4 Å². The number of hydrogen-bond donors (Lipinski definition) is 0. The molecule has 1 aliphatic carbocycles. The number of hydrogen-bond acceptors (Lipinski definition) is 0. The molecule has 1 aliphatic rings. The minimum absolute atomic E-state index is 0.277. The highest BCUT2D eigenvalue weighted by atomic mass is 19.1.